The van der Waals surface area contributed by atoms with Crippen molar-refractivity contribution in [1.82, 2.24) is 0 Å². The lowest BCUT2D eigenvalue weighted by Crippen LogP contribution is -2.09. The Morgan fingerprint density at radius 1 is 1.42 bits per heavy atom. The van der Waals surface area contributed by atoms with Gasteiger partial charge in [-0.05, 0) is 19.4 Å². The van der Waals surface area contributed by atoms with Crippen molar-refractivity contribution < 1.29 is 14.7 Å². The van der Waals surface area contributed by atoms with Crippen LogP contribution in [0.1, 0.15) is 25.7 Å². The van der Waals surface area contributed by atoms with E-state index in [4.69, 9.17) is 5.73 Å². The summed E-state index contributed by atoms with van der Waals surface area (Å²) in [6.07, 6.45) is 2.29. The van der Waals surface area contributed by atoms with E-state index in [9.17, 15) is 14.9 Å². The van der Waals surface area contributed by atoms with Crippen molar-refractivity contribution in [3.05, 3.63) is 10.1 Å². The van der Waals surface area contributed by atoms with Crippen molar-refractivity contribution in [3.63, 3.8) is 0 Å². The first kappa shape index (κ1) is 10.8. The maximum atomic E-state index is 10.5. The molecule has 0 bridgehead atoms. The van der Waals surface area contributed by atoms with Crippen molar-refractivity contribution in [2.75, 3.05) is 6.54 Å². The number of carbonyl (C=O) groups excluding carboxylic acids is 1. The zero-order valence-electron chi connectivity index (χ0n) is 6.69. The summed E-state index contributed by atoms with van der Waals surface area (Å²) in [7, 11) is 0. The summed E-state index contributed by atoms with van der Waals surface area (Å²) < 4.78 is 0. The van der Waals surface area contributed by atoms with Crippen LogP contribution in [-0.4, -0.2) is 17.6 Å². The molecule has 0 amide bonds. The van der Waals surface area contributed by atoms with Crippen LogP contribution in [0.5, 0.6) is 0 Å². The van der Waals surface area contributed by atoms with Gasteiger partial charge in [-0.1, -0.05) is 6.42 Å². The van der Waals surface area contributed by atoms with E-state index in [1.54, 1.807) is 0 Å². The molecule has 0 unspecified atom stereocenters. The van der Waals surface area contributed by atoms with Gasteiger partial charge in [0, 0.05) is 6.42 Å². The van der Waals surface area contributed by atoms with Gasteiger partial charge < -0.3 is 5.73 Å². The average Bonchev–Trinajstić information content (AvgIpc) is 1.97. The minimum Gasteiger partial charge on any atom is -0.330 e. The zero-order valence-corrected chi connectivity index (χ0v) is 6.69. The Bertz CT molecular complexity index is 160. The highest BCUT2D eigenvalue weighted by molar-refractivity contribution is 5.68. The quantitative estimate of drug-likeness (QED) is 0.355. The van der Waals surface area contributed by atoms with Crippen LogP contribution in [0.4, 0.5) is 0 Å². The standard InChI is InChI=1S/C6H12N2O4/c7-5-3-1-2-4-6(9)12-8(10)11/h1-5,7H2. The van der Waals surface area contributed by atoms with E-state index in [1.165, 1.54) is 0 Å². The number of carbonyl (C=O) groups is 1. The van der Waals surface area contributed by atoms with Gasteiger partial charge >= 0.3 is 11.1 Å². The summed E-state index contributed by atoms with van der Waals surface area (Å²) in [4.78, 5) is 23.8. The average molecular weight is 176 g/mol. The number of hydrogen-bond donors (Lipinski definition) is 1. The van der Waals surface area contributed by atoms with Crippen LogP contribution < -0.4 is 5.73 Å². The van der Waals surface area contributed by atoms with Gasteiger partial charge in [-0.2, -0.15) is 0 Å². The van der Waals surface area contributed by atoms with E-state index in [-0.39, 0.29) is 6.42 Å². The van der Waals surface area contributed by atoms with Gasteiger partial charge in [-0.15, -0.1) is 10.1 Å². The number of nitrogens with two attached hydrogens (primary N) is 1. The molecule has 0 saturated heterocycles. The maximum Gasteiger partial charge on any atom is 0.303 e. The molecule has 0 spiro atoms. The molecule has 0 radical (unpaired) electrons. The summed E-state index contributed by atoms with van der Waals surface area (Å²) in [6, 6.07) is 0. The lowest BCUT2D eigenvalue weighted by atomic mass is 10.2. The van der Waals surface area contributed by atoms with E-state index < -0.39 is 11.1 Å². The molecule has 6 heteroatoms. The Morgan fingerprint density at radius 3 is 2.58 bits per heavy atom. The number of nitrogens with zero attached hydrogens (tertiary/aromatic N) is 1. The summed E-state index contributed by atoms with van der Waals surface area (Å²) in [5, 5.41) is 8.55. The fraction of sp³-hybridized carbons (Fsp3) is 0.833. The molecular weight excluding hydrogens is 164 g/mol. The maximum absolute atomic E-state index is 10.5. The monoisotopic (exact) mass is 176 g/mol. The Labute approximate surface area is 69.8 Å². The third-order valence-electron chi connectivity index (χ3n) is 1.26. The summed E-state index contributed by atoms with van der Waals surface area (Å²) in [5.41, 5.74) is 5.20. The fourth-order valence-corrected chi connectivity index (χ4v) is 0.719. The molecule has 0 aromatic carbocycles. The van der Waals surface area contributed by atoms with Gasteiger partial charge in [0.25, 0.3) is 0 Å². The number of unbranched alkanes of at least 4 members (excludes halogenated alkanes) is 2. The topological polar surface area (TPSA) is 95.5 Å². The molecule has 0 aliphatic heterocycles. The van der Waals surface area contributed by atoms with Gasteiger partial charge in [0.05, 0.1) is 0 Å². The van der Waals surface area contributed by atoms with Crippen molar-refractivity contribution in [2.24, 2.45) is 5.73 Å². The van der Waals surface area contributed by atoms with E-state index in [2.05, 4.69) is 4.84 Å². The minimum absolute atomic E-state index is 0.0843. The van der Waals surface area contributed by atoms with Crippen LogP contribution >= 0.6 is 0 Å². The van der Waals surface area contributed by atoms with Crippen molar-refractivity contribution in [3.8, 4) is 0 Å². The number of rotatable bonds is 6. The summed E-state index contributed by atoms with van der Waals surface area (Å²) in [6.45, 7) is 0.574. The van der Waals surface area contributed by atoms with E-state index in [0.29, 0.717) is 13.0 Å². The molecule has 0 aromatic rings. The predicted molar refractivity (Wildman–Crippen MR) is 40.6 cm³/mol. The van der Waals surface area contributed by atoms with Crippen LogP contribution in [0.3, 0.4) is 0 Å². The van der Waals surface area contributed by atoms with E-state index in [0.717, 1.165) is 12.8 Å². The van der Waals surface area contributed by atoms with Gasteiger partial charge in [-0.25, -0.2) is 4.84 Å². The largest absolute Gasteiger partial charge is 0.330 e. The van der Waals surface area contributed by atoms with Gasteiger partial charge in [0.2, 0.25) is 0 Å². The minimum atomic E-state index is -1.09. The van der Waals surface area contributed by atoms with E-state index in [1.807, 2.05) is 0 Å². The second-order valence-electron chi connectivity index (χ2n) is 2.29. The number of hydrogen-bond acceptors (Lipinski definition) is 5. The summed E-state index contributed by atoms with van der Waals surface area (Å²) in [5.74, 6) is -0.794. The first-order valence-corrected chi connectivity index (χ1v) is 3.72. The molecule has 0 rings (SSSR count). The predicted octanol–water partition coefficient (Wildman–Crippen LogP) is 0.240. The molecule has 0 heterocycles. The van der Waals surface area contributed by atoms with Crippen molar-refractivity contribution in [1.29, 1.82) is 0 Å². The highest BCUT2D eigenvalue weighted by Gasteiger charge is 2.05. The Morgan fingerprint density at radius 2 is 2.08 bits per heavy atom. The third-order valence-corrected chi connectivity index (χ3v) is 1.26. The van der Waals surface area contributed by atoms with Crippen LogP contribution in [0.2, 0.25) is 0 Å². The highest BCUT2D eigenvalue weighted by Crippen LogP contribution is 1.99. The Hall–Kier alpha value is -1.17. The third kappa shape index (κ3) is 6.94. The van der Waals surface area contributed by atoms with Crippen LogP contribution in [-0.2, 0) is 9.63 Å². The fourth-order valence-electron chi connectivity index (χ4n) is 0.719. The normalized spacial score (nSPS) is 9.42. The zero-order chi connectivity index (χ0) is 9.40. The van der Waals surface area contributed by atoms with Crippen molar-refractivity contribution >= 4 is 5.97 Å². The molecule has 2 N–H and O–H groups in total. The second-order valence-corrected chi connectivity index (χ2v) is 2.29. The molecule has 0 atom stereocenters. The van der Waals surface area contributed by atoms with Gasteiger partial charge in [-0.3, -0.25) is 4.79 Å². The first-order valence-electron chi connectivity index (χ1n) is 3.72. The molecule has 6 nitrogen and oxygen atoms in total. The highest BCUT2D eigenvalue weighted by atomic mass is 17.0. The molecule has 12 heavy (non-hydrogen) atoms. The Balaban J connectivity index is 3.26. The van der Waals surface area contributed by atoms with Crippen LogP contribution in [0.25, 0.3) is 0 Å². The molecule has 0 aromatic heterocycles. The molecular formula is C6H12N2O4. The SMILES string of the molecule is NCCCCCC(=O)O[N+](=O)[O-]. The smallest absolute Gasteiger partial charge is 0.303 e. The van der Waals surface area contributed by atoms with Gasteiger partial charge in [0.1, 0.15) is 0 Å². The van der Waals surface area contributed by atoms with Gasteiger partial charge in [0.15, 0.2) is 0 Å². The van der Waals surface area contributed by atoms with Crippen LogP contribution in [0, 0.1) is 10.1 Å². The van der Waals surface area contributed by atoms with E-state index >= 15 is 0 Å². The Kier molecular flexibility index (Phi) is 5.90. The molecule has 0 aliphatic carbocycles. The van der Waals surface area contributed by atoms with Crippen LogP contribution in [0.15, 0.2) is 0 Å². The molecule has 0 fully saturated rings. The lowest BCUT2D eigenvalue weighted by molar-refractivity contribution is -0.729. The molecule has 70 valence electrons. The lowest BCUT2D eigenvalue weighted by Gasteiger charge is -1.96. The van der Waals surface area contributed by atoms with Crippen molar-refractivity contribution in [2.45, 2.75) is 25.7 Å². The summed E-state index contributed by atoms with van der Waals surface area (Å²) >= 11 is 0. The molecule has 0 aliphatic rings. The first-order chi connectivity index (χ1) is 5.66. The molecule has 0 saturated carbocycles. The second kappa shape index (κ2) is 6.53.